The molecule has 588 valence electrons. The number of hydrogen-bond acceptors (Lipinski definition) is 8. The number of hydrogen-bond donors (Lipinski definition) is 0. The summed E-state index contributed by atoms with van der Waals surface area (Å²) in [4.78, 5) is 30.2. The van der Waals surface area contributed by atoms with Crippen LogP contribution in [-0.2, 0) is 0 Å². The molecule has 8 heterocycles. The van der Waals surface area contributed by atoms with Gasteiger partial charge in [0.2, 0.25) is 0 Å². The number of furan rings is 2. The molecule has 12 heteroatoms. The fraction of sp³-hybridized carbons (Fsp3) is 0. The third kappa shape index (κ3) is 11.7. The van der Waals surface area contributed by atoms with E-state index in [-0.39, 0.29) is 0 Å². The van der Waals surface area contributed by atoms with E-state index in [1.807, 2.05) is 103 Å². The zero-order valence-electron chi connectivity index (χ0n) is 67.7. The summed E-state index contributed by atoms with van der Waals surface area (Å²) < 4.78 is 23.9. The predicted octanol–water partition coefficient (Wildman–Crippen LogP) is 29.3. The maximum atomic E-state index is 7.29. The van der Waals surface area contributed by atoms with Crippen molar-refractivity contribution >= 4 is 131 Å². The van der Waals surface area contributed by atoms with E-state index >= 15 is 0 Å². The molecule has 0 aliphatic rings. The summed E-state index contributed by atoms with van der Waals surface area (Å²) in [6, 6.07) is 148. The molecule has 26 rings (SSSR count). The highest BCUT2D eigenvalue weighted by molar-refractivity contribution is 6.28. The van der Waals surface area contributed by atoms with Crippen molar-refractivity contribution in [3.8, 4) is 113 Å². The molecule has 8 aromatic heterocycles. The molecule has 0 saturated heterocycles. The summed E-state index contributed by atoms with van der Waals surface area (Å²) in [5.41, 5.74) is 26.4. The van der Waals surface area contributed by atoms with Crippen LogP contribution in [0.5, 0.6) is 0 Å². The number of aromatic nitrogens is 10. The van der Waals surface area contributed by atoms with Crippen molar-refractivity contribution in [3.63, 3.8) is 0 Å². The molecule has 0 amide bonds. The zero-order valence-corrected chi connectivity index (χ0v) is 67.7. The van der Waals surface area contributed by atoms with E-state index in [2.05, 4.69) is 340 Å². The molecular weight excluding hydrogens is 1540 g/mol. The average Bonchev–Trinajstić information content (AvgIpc) is 1.54. The van der Waals surface area contributed by atoms with Gasteiger partial charge in [-0.25, -0.2) is 29.9 Å². The van der Waals surface area contributed by atoms with E-state index in [1.165, 1.54) is 21.9 Å². The number of para-hydroxylation sites is 5. The van der Waals surface area contributed by atoms with E-state index in [9.17, 15) is 0 Å². The Bertz CT molecular complexity index is 8720. The molecule has 0 aliphatic carbocycles. The maximum absolute atomic E-state index is 7.29. The van der Waals surface area contributed by atoms with Crippen molar-refractivity contribution in [1.29, 1.82) is 0 Å². The highest BCUT2D eigenvalue weighted by Crippen LogP contribution is 2.48. The van der Waals surface area contributed by atoms with Crippen LogP contribution in [0.3, 0.4) is 0 Å². The lowest BCUT2D eigenvalue weighted by molar-refractivity contribution is 0.673. The fourth-order valence-electron chi connectivity index (χ4n) is 19.0. The van der Waals surface area contributed by atoms with Gasteiger partial charge in [0.25, 0.3) is 0 Å². The van der Waals surface area contributed by atoms with Gasteiger partial charge in [-0.3, -0.25) is 0 Å². The van der Waals surface area contributed by atoms with Crippen molar-refractivity contribution < 1.29 is 8.83 Å². The molecule has 12 nitrogen and oxygen atoms in total. The van der Waals surface area contributed by atoms with Crippen LogP contribution < -0.4 is 0 Å². The molecular formula is C114H70N10O2. The molecule has 18 aromatic carbocycles. The number of benzene rings is 18. The highest BCUT2D eigenvalue weighted by Gasteiger charge is 2.28. The second-order valence-corrected chi connectivity index (χ2v) is 31.9. The molecule has 0 aliphatic heterocycles. The standard InChI is InChI=1S/2C57H35N5O/c1-4-14-36(15-5-1)37-24-28-41(29-25-37)61-49-22-12-10-20-43(49)45-32-34-47-48-35-33-46-44-21-11-13-23-50(44)62(52(46)54(48)63-53(47)51(45)61)42-30-26-40(27-31-42)57-59-55(38-16-6-2-7-17-38)58-56(60-57)39-18-8-3-9-19-39;1-4-16-36(17-5-1)41-22-10-11-25-48(41)57-59-55(37-18-6-2-7-19-37)58-56(60-57)38-28-30-40(31-29-38)62-50-27-15-13-24-43(50)45-33-35-47-46-34-32-44-42-23-12-14-26-49(42)61(39-20-8-3-9-21-39)51(44)53(46)63-54(47)52(45)62/h2*1-35H. The Labute approximate surface area is 721 Å². The molecule has 126 heavy (non-hydrogen) atoms. The molecule has 0 atom stereocenters. The quantitative estimate of drug-likeness (QED) is 0.118. The van der Waals surface area contributed by atoms with Crippen LogP contribution in [-0.4, -0.2) is 48.2 Å². The average molecular weight is 1610 g/mol. The van der Waals surface area contributed by atoms with Gasteiger partial charge in [-0.15, -0.1) is 0 Å². The molecule has 0 N–H and O–H groups in total. The molecule has 0 bridgehead atoms. The van der Waals surface area contributed by atoms with Crippen molar-refractivity contribution in [2.75, 3.05) is 0 Å². The van der Waals surface area contributed by atoms with E-state index in [0.717, 1.165) is 188 Å². The van der Waals surface area contributed by atoms with Gasteiger partial charge in [0, 0.05) is 121 Å². The lowest BCUT2D eigenvalue weighted by atomic mass is 9.99. The van der Waals surface area contributed by atoms with Gasteiger partial charge in [-0.2, -0.15) is 0 Å². The Hall–Kier alpha value is -17.2. The smallest absolute Gasteiger partial charge is 0.164 e. The molecule has 0 fully saturated rings. The Kier molecular flexibility index (Phi) is 16.7. The SMILES string of the molecule is c1ccc(-c2ccc(-n3c4ccccc4c4ccc5c6ccc7c8ccccc8n(-c8ccc(-c9nc(-c%10ccccc%10)nc(-c%10ccccc%10)n9)cc8)c7c6oc5c43)cc2)cc1.c1ccc(-c2nc(-c3ccc(-n4c5ccccc5c5ccc6c7ccc8c9ccccc9n(-c9ccccc9)c8c7oc6c54)cc3)nc(-c3ccccc3-c3ccccc3)n2)cc1. The summed E-state index contributed by atoms with van der Waals surface area (Å²) in [6.45, 7) is 0. The highest BCUT2D eigenvalue weighted by atomic mass is 16.3. The van der Waals surface area contributed by atoms with Crippen LogP contribution in [0, 0.1) is 0 Å². The minimum Gasteiger partial charge on any atom is -0.452 e. The van der Waals surface area contributed by atoms with Crippen LogP contribution in [0.1, 0.15) is 0 Å². The van der Waals surface area contributed by atoms with Gasteiger partial charge in [0.15, 0.2) is 57.3 Å². The molecule has 0 saturated carbocycles. The predicted molar refractivity (Wildman–Crippen MR) is 515 cm³/mol. The first-order chi connectivity index (χ1) is 62.5. The van der Waals surface area contributed by atoms with Crippen molar-refractivity contribution in [2.45, 2.75) is 0 Å². The van der Waals surface area contributed by atoms with E-state index in [1.54, 1.807) is 0 Å². The van der Waals surface area contributed by atoms with Crippen molar-refractivity contribution in [3.05, 3.63) is 425 Å². The van der Waals surface area contributed by atoms with Gasteiger partial charge in [-0.1, -0.05) is 303 Å². The monoisotopic (exact) mass is 1610 g/mol. The summed E-state index contributed by atoms with van der Waals surface area (Å²) in [7, 11) is 0. The van der Waals surface area contributed by atoms with Crippen LogP contribution in [0.25, 0.3) is 244 Å². The van der Waals surface area contributed by atoms with Gasteiger partial charge in [0.1, 0.15) is 0 Å². The summed E-state index contributed by atoms with van der Waals surface area (Å²) in [5, 5.41) is 13.6. The summed E-state index contributed by atoms with van der Waals surface area (Å²) in [5.74, 6) is 3.74. The van der Waals surface area contributed by atoms with Gasteiger partial charge < -0.3 is 27.1 Å². The van der Waals surface area contributed by atoms with Crippen LogP contribution >= 0.6 is 0 Å². The van der Waals surface area contributed by atoms with Crippen molar-refractivity contribution in [1.82, 2.24) is 48.2 Å². The molecule has 0 unspecified atom stereocenters. The Morgan fingerprint density at radius 2 is 0.357 bits per heavy atom. The van der Waals surface area contributed by atoms with E-state index < -0.39 is 0 Å². The molecule has 26 aromatic rings. The Morgan fingerprint density at radius 1 is 0.143 bits per heavy atom. The van der Waals surface area contributed by atoms with Crippen LogP contribution in [0.2, 0.25) is 0 Å². The third-order valence-electron chi connectivity index (χ3n) is 24.8. The summed E-state index contributed by atoms with van der Waals surface area (Å²) >= 11 is 0. The van der Waals surface area contributed by atoms with E-state index in [0.29, 0.717) is 34.9 Å². The normalized spacial score (nSPS) is 11.8. The van der Waals surface area contributed by atoms with Gasteiger partial charge in [0.05, 0.1) is 44.1 Å². The molecule has 0 radical (unpaired) electrons. The first-order valence-electron chi connectivity index (χ1n) is 42.4. The van der Waals surface area contributed by atoms with E-state index in [4.69, 9.17) is 38.7 Å². The second-order valence-electron chi connectivity index (χ2n) is 31.9. The fourth-order valence-corrected chi connectivity index (χ4v) is 19.0. The number of rotatable bonds is 12. The second kappa shape index (κ2) is 29.3. The van der Waals surface area contributed by atoms with Crippen molar-refractivity contribution in [2.24, 2.45) is 0 Å². The summed E-state index contributed by atoms with van der Waals surface area (Å²) in [6.07, 6.45) is 0. The first kappa shape index (κ1) is 71.7. The Morgan fingerprint density at radius 3 is 0.675 bits per heavy atom. The lowest BCUT2D eigenvalue weighted by Crippen LogP contribution is -2.01. The largest absolute Gasteiger partial charge is 0.452 e. The minimum atomic E-state index is 0.605. The zero-order chi connectivity index (χ0) is 82.9. The maximum Gasteiger partial charge on any atom is 0.164 e. The molecule has 0 spiro atoms. The number of fused-ring (bicyclic) bond motifs is 22. The van der Waals surface area contributed by atoms with Gasteiger partial charge >= 0.3 is 0 Å². The number of nitrogens with zero attached hydrogens (tertiary/aromatic N) is 10. The first-order valence-corrected chi connectivity index (χ1v) is 42.4. The lowest BCUT2D eigenvalue weighted by Gasteiger charge is -2.13. The van der Waals surface area contributed by atoms with Crippen LogP contribution in [0.4, 0.5) is 0 Å². The minimum absolute atomic E-state index is 0.605. The Balaban J connectivity index is 0.000000137. The topological polar surface area (TPSA) is 123 Å². The van der Waals surface area contributed by atoms with Gasteiger partial charge in [-0.05, 0) is 144 Å². The third-order valence-corrected chi connectivity index (χ3v) is 24.8. The van der Waals surface area contributed by atoms with Crippen LogP contribution in [0.15, 0.2) is 433 Å².